The Bertz CT molecular complexity index is 3750. The Kier molecular flexibility index (Phi) is 23.0. The number of methoxy groups -OCH3 is 3. The first kappa shape index (κ1) is 70.3. The Morgan fingerprint density at radius 1 is 0.723 bits per heavy atom. The van der Waals surface area contributed by atoms with E-state index in [-0.39, 0.29) is 79.0 Å². The van der Waals surface area contributed by atoms with Crippen molar-refractivity contribution >= 4 is 88.0 Å². The van der Waals surface area contributed by atoms with Crippen molar-refractivity contribution in [2.24, 2.45) is 5.92 Å². The van der Waals surface area contributed by atoms with Gasteiger partial charge in [0.2, 0.25) is 5.91 Å². The fraction of sp³-hybridized carbons (Fsp3) is 0.515. The van der Waals surface area contributed by atoms with Crippen LogP contribution < -0.4 is 49.6 Å². The summed E-state index contributed by atoms with van der Waals surface area (Å²) in [6, 6.07) is 26.4. The molecule has 4 atom stereocenters. The van der Waals surface area contributed by atoms with Crippen molar-refractivity contribution in [1.82, 2.24) is 5.32 Å². The van der Waals surface area contributed by atoms with E-state index in [1.165, 1.54) is 52.8 Å². The summed E-state index contributed by atoms with van der Waals surface area (Å²) in [4.78, 5) is 48.4. The van der Waals surface area contributed by atoms with Crippen molar-refractivity contribution in [1.29, 1.82) is 0 Å². The van der Waals surface area contributed by atoms with Gasteiger partial charge in [0.25, 0.3) is 32.1 Å². The summed E-state index contributed by atoms with van der Waals surface area (Å²) in [6.45, 7) is 11.2. The van der Waals surface area contributed by atoms with Crippen LogP contribution in [0.3, 0.4) is 0 Å². The molecule has 3 amide bonds. The van der Waals surface area contributed by atoms with Gasteiger partial charge in [-0.2, -0.15) is 16.8 Å². The average molecular weight is 1370 g/mol. The van der Waals surface area contributed by atoms with Crippen molar-refractivity contribution in [3.05, 3.63) is 124 Å². The van der Waals surface area contributed by atoms with Gasteiger partial charge in [-0.3, -0.25) is 23.5 Å². The number of hydrogen-bond acceptors (Lipinski definition) is 19. The minimum absolute atomic E-state index is 0.00994. The molecule has 0 spiro atoms. The Balaban J connectivity index is 0.941. The van der Waals surface area contributed by atoms with E-state index < -0.39 is 59.0 Å². The number of anilines is 5. The van der Waals surface area contributed by atoms with Crippen LogP contribution in [0.25, 0.3) is 0 Å². The topological polar surface area (TPSA) is 270 Å². The second-order valence-corrected chi connectivity index (χ2v) is 31.4. The van der Waals surface area contributed by atoms with E-state index in [1.807, 2.05) is 73.3 Å². The molecule has 22 nitrogen and oxygen atoms in total. The second kappa shape index (κ2) is 30.7. The molecule has 2 unspecified atom stereocenters. The maximum Gasteiger partial charge on any atom is 0.288 e. The molecule has 5 N–H and O–H groups in total. The van der Waals surface area contributed by atoms with E-state index in [4.69, 9.17) is 33.2 Å². The van der Waals surface area contributed by atoms with Crippen LogP contribution in [-0.4, -0.2) is 156 Å². The van der Waals surface area contributed by atoms with Gasteiger partial charge in [-0.05, 0) is 129 Å². The van der Waals surface area contributed by atoms with Gasteiger partial charge in [-0.15, -0.1) is 0 Å². The quantitative estimate of drug-likeness (QED) is 0.0152. The Morgan fingerprint density at radius 3 is 1.90 bits per heavy atom. The van der Waals surface area contributed by atoms with Crippen LogP contribution >= 0.6 is 21.6 Å². The standard InChI is InChI=1S/C68H88N6O16S4/c1-8-68(9-2,48-19-11-10-12-20-48)71-63(75)62(93(78,79)80)23-30-91-92-67(3,4)43-72(24-25-87-28-29-88-27-26-84-5)49-32-44(41-89-60-38-53-51(36-58(60)85-6)65(76)73-50(40-69-53)34-46-17-13-15-21-55(46)73)31-45(33-49)42-90-61-39-54-52(37-59(61)86-7)66(77)74-56-22-16-14-18-47(56)35-57(74)64(70-54)94(81,82)83/h13-18,21-22,31-33,36-39,48,50,57,62,64,69-70H,8-12,19-20,23-30,34-35,40-43H2,1-7H3,(H,71,75)(H,78,79,80)(H,81,82,83)/t50-,57-,62?,64?/m0/s1. The first-order chi connectivity index (χ1) is 45.1. The molecule has 0 saturated heterocycles. The van der Waals surface area contributed by atoms with Crippen molar-refractivity contribution in [2.45, 2.75) is 138 Å². The lowest BCUT2D eigenvalue weighted by Gasteiger charge is -2.43. The predicted molar refractivity (Wildman–Crippen MR) is 368 cm³/mol. The lowest BCUT2D eigenvalue weighted by atomic mass is 9.71. The summed E-state index contributed by atoms with van der Waals surface area (Å²) in [5, 5.41) is 6.41. The normalized spacial score (nSPS) is 18.2. The fourth-order valence-corrected chi connectivity index (χ4v) is 18.2. The molecule has 4 heterocycles. The highest BCUT2D eigenvalue weighted by molar-refractivity contribution is 8.77. The van der Waals surface area contributed by atoms with Crippen molar-refractivity contribution < 1.29 is 73.5 Å². The molecule has 0 aromatic heterocycles. The molecular formula is C68H88N6O16S4. The monoisotopic (exact) mass is 1370 g/mol. The SMILES string of the molecule is CCC(CC)(NC(=O)C(CCSSC(C)(C)CN(CCOCCOCCOC)c1cc(COc2cc3c(cc2OC)C(=O)N2c4ccccc4C[C@H]2CN3)cc(COc2cc3c(cc2OC)C(=O)N2c4ccccc4C[C@H]2C(S(=O)(=O)O)N3)c1)S(=O)(=O)O)C1CCCCC1. The van der Waals surface area contributed by atoms with Crippen molar-refractivity contribution in [3.8, 4) is 23.0 Å². The number of hydrogen-bond donors (Lipinski definition) is 5. The molecule has 94 heavy (non-hydrogen) atoms. The van der Waals surface area contributed by atoms with Gasteiger partial charge in [-0.25, -0.2) is 0 Å². The largest absolute Gasteiger partial charge is 0.493 e. The van der Waals surface area contributed by atoms with E-state index in [9.17, 15) is 40.3 Å². The number of carbonyl (C=O) groups is 3. The number of ether oxygens (including phenoxy) is 7. The lowest BCUT2D eigenvalue weighted by Crippen LogP contribution is -2.57. The number of fused-ring (bicyclic) bond motifs is 8. The summed E-state index contributed by atoms with van der Waals surface area (Å²) in [5.74, 6) is 0.235. The maximum absolute atomic E-state index is 14.6. The Hall–Kier alpha value is -6.49. The molecule has 0 bridgehead atoms. The molecule has 1 saturated carbocycles. The van der Waals surface area contributed by atoms with Gasteiger partial charge in [0, 0.05) is 72.0 Å². The highest BCUT2D eigenvalue weighted by Gasteiger charge is 2.48. The zero-order chi connectivity index (χ0) is 67.0. The molecule has 0 radical (unpaired) electrons. The van der Waals surface area contributed by atoms with E-state index >= 15 is 0 Å². The van der Waals surface area contributed by atoms with Crippen molar-refractivity contribution in [2.75, 3.05) is 105 Å². The number of carbonyl (C=O) groups excluding carboxylic acids is 3. The minimum atomic E-state index is -4.79. The number of benzene rings is 5. The molecule has 5 aromatic carbocycles. The van der Waals surface area contributed by atoms with E-state index in [0.717, 1.165) is 54.6 Å². The smallest absolute Gasteiger partial charge is 0.288 e. The second-order valence-electron chi connectivity index (χ2n) is 25.2. The van der Waals surface area contributed by atoms with Crippen LogP contribution in [0.15, 0.2) is 91.0 Å². The summed E-state index contributed by atoms with van der Waals surface area (Å²) in [5.41, 5.74) is 6.10. The molecule has 1 aliphatic carbocycles. The molecule has 1 fully saturated rings. The number of amides is 3. The number of para-hydroxylation sites is 2. The highest BCUT2D eigenvalue weighted by atomic mass is 33.1. The molecule has 26 heteroatoms. The van der Waals surface area contributed by atoms with Crippen LogP contribution in [0.1, 0.15) is 122 Å². The summed E-state index contributed by atoms with van der Waals surface area (Å²) < 4.78 is 115. The third kappa shape index (κ3) is 16.1. The van der Waals surface area contributed by atoms with Gasteiger partial charge in [0.05, 0.1) is 81.8 Å². The molecule has 5 aromatic rings. The van der Waals surface area contributed by atoms with Crippen LogP contribution in [-0.2, 0) is 65.3 Å². The van der Waals surface area contributed by atoms with E-state index in [2.05, 4.69) is 34.7 Å². The first-order valence-electron chi connectivity index (χ1n) is 32.2. The summed E-state index contributed by atoms with van der Waals surface area (Å²) >= 11 is 0. The third-order valence-electron chi connectivity index (χ3n) is 18.6. The van der Waals surface area contributed by atoms with Crippen LogP contribution in [0.2, 0.25) is 0 Å². The summed E-state index contributed by atoms with van der Waals surface area (Å²) in [7, 11) is -2.04. The molecule has 510 valence electrons. The number of nitrogens with zero attached hydrogens (tertiary/aromatic N) is 3. The Labute approximate surface area is 560 Å². The first-order valence-corrected chi connectivity index (χ1v) is 37.5. The average Bonchev–Trinajstić information content (AvgIpc) is 1.59. The van der Waals surface area contributed by atoms with E-state index in [0.29, 0.717) is 105 Å². The summed E-state index contributed by atoms with van der Waals surface area (Å²) in [6.07, 6.45) is 7.23. The van der Waals surface area contributed by atoms with Gasteiger partial charge < -0.3 is 63.8 Å². The van der Waals surface area contributed by atoms with Crippen LogP contribution in [0.4, 0.5) is 28.4 Å². The highest BCUT2D eigenvalue weighted by Crippen LogP contribution is 2.46. The number of rotatable bonds is 32. The minimum Gasteiger partial charge on any atom is -0.493 e. The van der Waals surface area contributed by atoms with Crippen molar-refractivity contribution in [3.63, 3.8) is 0 Å². The molecule has 5 aliphatic rings. The van der Waals surface area contributed by atoms with Gasteiger partial charge >= 0.3 is 0 Å². The molecule has 4 aliphatic heterocycles. The van der Waals surface area contributed by atoms with E-state index in [1.54, 1.807) is 31.4 Å². The predicted octanol–water partition coefficient (Wildman–Crippen LogP) is 10.6. The number of nitrogens with one attached hydrogen (secondary N) is 3. The molecular weight excluding hydrogens is 1290 g/mol. The zero-order valence-electron chi connectivity index (χ0n) is 54.5. The Morgan fingerprint density at radius 2 is 1.30 bits per heavy atom. The molecule has 10 rings (SSSR count). The van der Waals surface area contributed by atoms with Gasteiger partial charge in [-0.1, -0.05) is 91.1 Å². The van der Waals surface area contributed by atoms with Crippen LogP contribution in [0, 0.1) is 5.92 Å². The zero-order valence-corrected chi connectivity index (χ0v) is 57.7. The van der Waals surface area contributed by atoms with Gasteiger partial charge in [0.15, 0.2) is 33.6 Å². The maximum atomic E-state index is 14.6. The van der Waals surface area contributed by atoms with Crippen LogP contribution in [0.5, 0.6) is 23.0 Å². The van der Waals surface area contributed by atoms with Gasteiger partial charge in [0.1, 0.15) is 13.2 Å². The third-order valence-corrected chi connectivity index (χ3v) is 24.1. The fourth-order valence-electron chi connectivity index (χ4n) is 13.8. The lowest BCUT2D eigenvalue weighted by molar-refractivity contribution is -0.124.